The average Bonchev–Trinajstić information content (AvgIpc) is 3.24. The van der Waals surface area contributed by atoms with Crippen molar-refractivity contribution in [1.29, 1.82) is 0 Å². The molecule has 0 spiro atoms. The summed E-state index contributed by atoms with van der Waals surface area (Å²) >= 11 is 1.74. The number of rotatable bonds is 5. The van der Waals surface area contributed by atoms with Gasteiger partial charge in [0.1, 0.15) is 17.7 Å². The highest BCUT2D eigenvalue weighted by Gasteiger charge is 2.38. The molecule has 10 heteroatoms. The molecule has 0 amide bonds. The molecule has 1 atom stereocenters. The standard InChI is InChI=1S/C24H27F3N6S/c1-4-23(2,3)14-7-8-15-17(9-14)34-22-20(15)21-29-19(31-33(21)12-28-22)11-32-16(13-5-6-13)10-18(30-32)24(25,26)27/h10,12-14H,4-9,11H2,1-3H3. The van der Waals surface area contributed by atoms with Crippen LogP contribution in [0.1, 0.15) is 80.0 Å². The van der Waals surface area contributed by atoms with Crippen LogP contribution in [-0.4, -0.2) is 29.4 Å². The molecule has 1 unspecified atom stereocenters. The molecular weight excluding hydrogens is 461 g/mol. The van der Waals surface area contributed by atoms with E-state index in [-0.39, 0.29) is 12.5 Å². The molecule has 6 nitrogen and oxygen atoms in total. The van der Waals surface area contributed by atoms with Crippen molar-refractivity contribution in [2.45, 2.75) is 77.9 Å². The van der Waals surface area contributed by atoms with Crippen LogP contribution in [0.25, 0.3) is 15.9 Å². The highest BCUT2D eigenvalue weighted by molar-refractivity contribution is 7.19. The summed E-state index contributed by atoms with van der Waals surface area (Å²) < 4.78 is 42.9. The fourth-order valence-corrected chi connectivity index (χ4v) is 6.44. The number of aromatic nitrogens is 6. The van der Waals surface area contributed by atoms with Gasteiger partial charge in [-0.2, -0.15) is 18.3 Å². The van der Waals surface area contributed by atoms with Crippen LogP contribution in [0.3, 0.4) is 0 Å². The van der Waals surface area contributed by atoms with Gasteiger partial charge < -0.3 is 0 Å². The van der Waals surface area contributed by atoms with E-state index in [1.165, 1.54) is 21.2 Å². The van der Waals surface area contributed by atoms with Crippen LogP contribution in [0, 0.1) is 11.3 Å². The zero-order chi connectivity index (χ0) is 23.8. The second kappa shape index (κ2) is 7.50. The highest BCUT2D eigenvalue weighted by Crippen LogP contribution is 2.45. The molecule has 180 valence electrons. The molecule has 0 aliphatic heterocycles. The van der Waals surface area contributed by atoms with Crippen molar-refractivity contribution in [2.24, 2.45) is 11.3 Å². The molecule has 2 aliphatic carbocycles. The second-order valence-electron chi connectivity index (χ2n) is 10.4. The Morgan fingerprint density at radius 1 is 1.15 bits per heavy atom. The minimum Gasteiger partial charge on any atom is -0.261 e. The normalized spacial score (nSPS) is 19.3. The van der Waals surface area contributed by atoms with Gasteiger partial charge >= 0.3 is 6.18 Å². The first-order valence-electron chi connectivity index (χ1n) is 11.9. The Labute approximate surface area is 199 Å². The zero-order valence-electron chi connectivity index (χ0n) is 19.5. The summed E-state index contributed by atoms with van der Waals surface area (Å²) in [6.07, 6.45) is 3.33. The molecule has 2 aliphatic rings. The van der Waals surface area contributed by atoms with E-state index < -0.39 is 11.9 Å². The van der Waals surface area contributed by atoms with Crippen LogP contribution in [0.5, 0.6) is 0 Å². The topological polar surface area (TPSA) is 60.9 Å². The molecule has 0 N–H and O–H groups in total. The lowest BCUT2D eigenvalue weighted by Gasteiger charge is -2.36. The van der Waals surface area contributed by atoms with Crippen LogP contribution in [0.4, 0.5) is 13.2 Å². The maximum absolute atomic E-state index is 13.3. The Hall–Kier alpha value is -2.49. The predicted molar refractivity (Wildman–Crippen MR) is 124 cm³/mol. The molecule has 0 radical (unpaired) electrons. The van der Waals surface area contributed by atoms with Gasteiger partial charge in [-0.05, 0) is 55.1 Å². The van der Waals surface area contributed by atoms with Crippen molar-refractivity contribution in [3.8, 4) is 0 Å². The van der Waals surface area contributed by atoms with E-state index in [1.54, 1.807) is 22.2 Å². The lowest BCUT2D eigenvalue weighted by molar-refractivity contribution is -0.141. The Balaban J connectivity index is 1.37. The minimum atomic E-state index is -4.46. The first-order chi connectivity index (χ1) is 16.1. The van der Waals surface area contributed by atoms with Gasteiger partial charge in [-0.1, -0.05) is 27.2 Å². The van der Waals surface area contributed by atoms with E-state index in [9.17, 15) is 13.2 Å². The molecule has 4 aromatic heterocycles. The molecule has 34 heavy (non-hydrogen) atoms. The molecule has 4 aromatic rings. The summed E-state index contributed by atoms with van der Waals surface area (Å²) in [7, 11) is 0. The van der Waals surface area contributed by atoms with Gasteiger partial charge in [0.15, 0.2) is 17.2 Å². The van der Waals surface area contributed by atoms with E-state index in [0.717, 1.165) is 54.4 Å². The van der Waals surface area contributed by atoms with E-state index in [0.29, 0.717) is 22.9 Å². The largest absolute Gasteiger partial charge is 0.435 e. The molecule has 6 rings (SSSR count). The number of hydrogen-bond donors (Lipinski definition) is 0. The van der Waals surface area contributed by atoms with Crippen molar-refractivity contribution < 1.29 is 13.2 Å². The summed E-state index contributed by atoms with van der Waals surface area (Å²) in [4.78, 5) is 11.8. The van der Waals surface area contributed by atoms with Gasteiger partial charge in [-0.15, -0.1) is 16.4 Å². The number of aryl methyl sites for hydroxylation is 1. The number of halogens is 3. The third-order valence-corrected chi connectivity index (χ3v) is 9.00. The van der Waals surface area contributed by atoms with Gasteiger partial charge in [-0.3, -0.25) is 4.68 Å². The Morgan fingerprint density at radius 3 is 2.65 bits per heavy atom. The van der Waals surface area contributed by atoms with Gasteiger partial charge in [0.05, 0.1) is 5.39 Å². The van der Waals surface area contributed by atoms with Crippen LogP contribution >= 0.6 is 11.3 Å². The Morgan fingerprint density at radius 2 is 1.94 bits per heavy atom. The molecule has 1 fully saturated rings. The van der Waals surface area contributed by atoms with Crippen LogP contribution in [0.2, 0.25) is 0 Å². The molecule has 1 saturated carbocycles. The number of hydrogen-bond acceptors (Lipinski definition) is 5. The first-order valence-corrected chi connectivity index (χ1v) is 12.7. The lowest BCUT2D eigenvalue weighted by Crippen LogP contribution is -2.28. The average molecular weight is 489 g/mol. The van der Waals surface area contributed by atoms with Crippen molar-refractivity contribution in [1.82, 2.24) is 29.4 Å². The molecule has 0 bridgehead atoms. The van der Waals surface area contributed by atoms with E-state index in [1.807, 2.05) is 0 Å². The van der Waals surface area contributed by atoms with E-state index in [4.69, 9.17) is 4.98 Å². The molecule has 4 heterocycles. The number of nitrogens with zero attached hydrogens (tertiary/aromatic N) is 6. The Bertz CT molecular complexity index is 1390. The maximum atomic E-state index is 13.3. The third kappa shape index (κ3) is 3.61. The van der Waals surface area contributed by atoms with E-state index >= 15 is 0 Å². The third-order valence-electron chi connectivity index (χ3n) is 7.83. The van der Waals surface area contributed by atoms with Gasteiger partial charge in [0.25, 0.3) is 0 Å². The quantitative estimate of drug-likeness (QED) is 0.345. The summed E-state index contributed by atoms with van der Waals surface area (Å²) in [6.45, 7) is 7.08. The minimum absolute atomic E-state index is 0.115. The monoisotopic (exact) mass is 488 g/mol. The SMILES string of the molecule is CCC(C)(C)C1CCc2c(sc3ncn4nc(Cn5nc(C(F)(F)F)cc5C5CC5)nc4c23)C1. The first kappa shape index (κ1) is 22.0. The fraction of sp³-hybridized carbons (Fsp3) is 0.583. The lowest BCUT2D eigenvalue weighted by atomic mass is 9.70. The predicted octanol–water partition coefficient (Wildman–Crippen LogP) is 6.02. The number of alkyl halides is 3. The number of thiophene rings is 1. The summed E-state index contributed by atoms with van der Waals surface area (Å²) in [5.74, 6) is 1.23. The summed E-state index contributed by atoms with van der Waals surface area (Å²) in [5, 5.41) is 9.46. The maximum Gasteiger partial charge on any atom is 0.435 e. The van der Waals surface area contributed by atoms with Gasteiger partial charge in [0.2, 0.25) is 0 Å². The van der Waals surface area contributed by atoms with Crippen LogP contribution in [-0.2, 0) is 25.6 Å². The second-order valence-corrected chi connectivity index (χ2v) is 11.5. The molecular formula is C24H27F3N6S. The summed E-state index contributed by atoms with van der Waals surface area (Å²) in [6, 6.07) is 1.18. The van der Waals surface area contributed by atoms with Crippen molar-refractivity contribution in [2.75, 3.05) is 0 Å². The smallest absolute Gasteiger partial charge is 0.261 e. The van der Waals surface area contributed by atoms with Crippen molar-refractivity contribution in [3.05, 3.63) is 40.0 Å². The molecule has 0 aromatic carbocycles. The van der Waals surface area contributed by atoms with E-state index in [2.05, 4.69) is 36.0 Å². The zero-order valence-corrected chi connectivity index (χ0v) is 20.3. The van der Waals surface area contributed by atoms with Crippen molar-refractivity contribution in [3.63, 3.8) is 0 Å². The Kier molecular flexibility index (Phi) is 4.86. The molecule has 0 saturated heterocycles. The van der Waals surface area contributed by atoms with Crippen LogP contribution < -0.4 is 0 Å². The summed E-state index contributed by atoms with van der Waals surface area (Å²) in [5.41, 5.74) is 2.13. The van der Waals surface area contributed by atoms with Gasteiger partial charge in [0, 0.05) is 16.5 Å². The number of fused-ring (bicyclic) bond motifs is 5. The van der Waals surface area contributed by atoms with Crippen LogP contribution in [0.15, 0.2) is 12.4 Å². The highest BCUT2D eigenvalue weighted by atomic mass is 32.1. The van der Waals surface area contributed by atoms with Gasteiger partial charge in [-0.25, -0.2) is 14.5 Å². The fourth-order valence-electron chi connectivity index (χ4n) is 5.18. The van der Waals surface area contributed by atoms with Crippen molar-refractivity contribution >= 4 is 27.2 Å².